The summed E-state index contributed by atoms with van der Waals surface area (Å²) in [6, 6.07) is 0. The van der Waals surface area contributed by atoms with Gasteiger partial charge in [0.2, 0.25) is 0 Å². The molecular weight excluding hydrogens is 738 g/mol. The highest BCUT2D eigenvalue weighted by Crippen LogP contribution is 2.12. The first-order valence-electron chi connectivity index (χ1n) is 22.4. The molecule has 0 atom stereocenters. The van der Waals surface area contributed by atoms with Gasteiger partial charge in [-0.1, -0.05) is 84.0 Å². The normalized spacial score (nSPS) is 11.8. The molecule has 0 radical (unpaired) electrons. The van der Waals surface area contributed by atoms with Crippen LogP contribution < -0.4 is 0 Å². The van der Waals surface area contributed by atoms with E-state index in [1.165, 1.54) is 77.0 Å². The number of hydrogen-bond donors (Lipinski definition) is 0. The van der Waals surface area contributed by atoms with Crippen LogP contribution >= 0.6 is 0 Å². The summed E-state index contributed by atoms with van der Waals surface area (Å²) in [4.78, 5) is 2.09. The molecule has 0 fully saturated rings. The largest absolute Gasteiger partial charge is 0.379 e. The van der Waals surface area contributed by atoms with E-state index in [1.807, 2.05) is 14.1 Å². The minimum Gasteiger partial charge on any atom is -0.379 e. The van der Waals surface area contributed by atoms with E-state index >= 15 is 0 Å². The van der Waals surface area contributed by atoms with Crippen molar-refractivity contribution in [1.82, 2.24) is 4.90 Å². The van der Waals surface area contributed by atoms with Gasteiger partial charge in [0.25, 0.3) is 0 Å². The van der Waals surface area contributed by atoms with E-state index < -0.39 is 0 Å². The van der Waals surface area contributed by atoms with Crippen molar-refractivity contribution in [1.29, 1.82) is 0 Å². The Morgan fingerprint density at radius 3 is 0.596 bits per heavy atom. The van der Waals surface area contributed by atoms with Gasteiger partial charge in [-0.25, -0.2) is 0 Å². The van der Waals surface area contributed by atoms with Crippen LogP contribution in [0.3, 0.4) is 0 Å². The van der Waals surface area contributed by atoms with Gasteiger partial charge in [0, 0.05) is 13.2 Å². The van der Waals surface area contributed by atoms with Gasteiger partial charge in [0.05, 0.1) is 165 Å². The molecule has 0 heterocycles. The number of rotatable bonds is 53. The summed E-state index contributed by atoms with van der Waals surface area (Å²) < 4.78 is 71.8. The van der Waals surface area contributed by atoms with Crippen LogP contribution in [0.15, 0.2) is 0 Å². The third kappa shape index (κ3) is 55.4. The molecule has 0 spiro atoms. The molecule has 0 amide bonds. The molecule has 0 bridgehead atoms. The van der Waals surface area contributed by atoms with Crippen LogP contribution in [0.4, 0.5) is 0 Å². The number of unbranched alkanes of at least 4 members (excludes halogenated alkanes) is 12. The zero-order valence-corrected chi connectivity index (χ0v) is 37.0. The number of hydrogen-bond acceptors (Lipinski definition) is 14. The van der Waals surface area contributed by atoms with Gasteiger partial charge in [-0.3, -0.25) is 0 Å². The van der Waals surface area contributed by atoms with Crippen molar-refractivity contribution >= 4 is 0 Å². The Balaban J connectivity index is 3.06. The molecule has 0 saturated heterocycles. The molecule has 14 nitrogen and oxygen atoms in total. The summed E-state index contributed by atoms with van der Waals surface area (Å²) in [5.41, 5.74) is 0. The second kappa shape index (κ2) is 53.5. The van der Waals surface area contributed by atoms with Gasteiger partial charge in [-0.05, 0) is 20.5 Å². The van der Waals surface area contributed by atoms with Crippen molar-refractivity contribution < 1.29 is 61.6 Å². The van der Waals surface area contributed by atoms with Crippen LogP contribution in [0.25, 0.3) is 0 Å². The van der Waals surface area contributed by atoms with Gasteiger partial charge in [0.1, 0.15) is 0 Å². The predicted octanol–water partition coefficient (Wildman–Crippen LogP) is 5.86. The van der Waals surface area contributed by atoms with Gasteiger partial charge in [-0.15, -0.1) is 0 Å². The van der Waals surface area contributed by atoms with Gasteiger partial charge in [-0.2, -0.15) is 0 Å². The lowest BCUT2D eigenvalue weighted by Gasteiger charge is -2.10. The van der Waals surface area contributed by atoms with Crippen LogP contribution in [0.5, 0.6) is 0 Å². The van der Waals surface area contributed by atoms with Crippen LogP contribution in [-0.4, -0.2) is 197 Å². The maximum Gasteiger partial charge on any atom is 0.0701 e. The highest BCUT2D eigenvalue weighted by atomic mass is 16.6. The van der Waals surface area contributed by atoms with Gasteiger partial charge >= 0.3 is 0 Å². The van der Waals surface area contributed by atoms with Crippen molar-refractivity contribution in [2.45, 2.75) is 90.4 Å². The minimum absolute atomic E-state index is 0.515. The first-order valence-corrected chi connectivity index (χ1v) is 22.4. The van der Waals surface area contributed by atoms with E-state index in [0.717, 1.165) is 26.2 Å². The fraction of sp³-hybridized carbons (Fsp3) is 1.00. The first kappa shape index (κ1) is 56.4. The average molecular weight is 828 g/mol. The summed E-state index contributed by atoms with van der Waals surface area (Å²) in [5.74, 6) is 0. The fourth-order valence-corrected chi connectivity index (χ4v) is 5.21. The lowest BCUT2D eigenvalue weighted by atomic mass is 10.0. The standard InChI is InChI=1S/C43H89NO13/c1-4-5-6-7-8-9-10-11-12-13-14-15-16-18-45-20-22-47-24-26-49-28-30-51-32-34-53-36-38-55-40-42-57-43-41-56-39-37-54-35-33-52-31-29-50-27-25-48-23-21-46-19-17-44(2)3/h4-43H2,1-3H3. The first-order chi connectivity index (χ1) is 28.3. The Labute approximate surface area is 348 Å². The number of nitrogens with zero attached hydrogens (tertiary/aromatic N) is 1. The van der Waals surface area contributed by atoms with E-state index in [-0.39, 0.29) is 0 Å². The highest BCUT2D eigenvalue weighted by Gasteiger charge is 1.98. The molecule has 0 unspecified atom stereocenters. The number of ether oxygens (including phenoxy) is 13. The Morgan fingerprint density at radius 2 is 0.386 bits per heavy atom. The van der Waals surface area contributed by atoms with Crippen LogP contribution in [0.1, 0.15) is 90.4 Å². The Kier molecular flexibility index (Phi) is 52.9. The topological polar surface area (TPSA) is 123 Å². The van der Waals surface area contributed by atoms with Crippen LogP contribution in [-0.2, 0) is 61.6 Å². The molecule has 0 aliphatic heterocycles. The molecule has 57 heavy (non-hydrogen) atoms. The minimum atomic E-state index is 0.515. The Hall–Kier alpha value is -0.560. The maximum atomic E-state index is 5.68. The van der Waals surface area contributed by atoms with Gasteiger partial charge in [0.15, 0.2) is 0 Å². The summed E-state index contributed by atoms with van der Waals surface area (Å²) in [7, 11) is 4.05. The second-order valence-corrected chi connectivity index (χ2v) is 14.0. The molecule has 0 saturated carbocycles. The fourth-order valence-electron chi connectivity index (χ4n) is 5.21. The molecule has 0 aromatic carbocycles. The Bertz CT molecular complexity index is 699. The second-order valence-electron chi connectivity index (χ2n) is 14.0. The lowest BCUT2D eigenvalue weighted by molar-refractivity contribution is -0.0291. The summed E-state index contributed by atoms with van der Waals surface area (Å²) >= 11 is 0. The zero-order chi connectivity index (χ0) is 41.1. The van der Waals surface area contributed by atoms with Crippen molar-refractivity contribution in [3.8, 4) is 0 Å². The number of likely N-dealkylation sites (N-methyl/N-ethyl adjacent to an activating group) is 1. The van der Waals surface area contributed by atoms with Crippen molar-refractivity contribution in [3.63, 3.8) is 0 Å². The molecule has 14 heteroatoms. The smallest absolute Gasteiger partial charge is 0.0701 e. The van der Waals surface area contributed by atoms with E-state index in [4.69, 9.17) is 61.6 Å². The van der Waals surface area contributed by atoms with Crippen LogP contribution in [0, 0.1) is 0 Å². The third-order valence-electron chi connectivity index (χ3n) is 8.54. The van der Waals surface area contributed by atoms with E-state index in [9.17, 15) is 0 Å². The quantitative estimate of drug-likeness (QED) is 0.0681. The van der Waals surface area contributed by atoms with E-state index in [1.54, 1.807) is 0 Å². The van der Waals surface area contributed by atoms with Crippen molar-refractivity contribution in [2.75, 3.05) is 192 Å². The third-order valence-corrected chi connectivity index (χ3v) is 8.54. The molecule has 0 aliphatic carbocycles. The van der Waals surface area contributed by atoms with Crippen molar-refractivity contribution in [2.24, 2.45) is 0 Å². The predicted molar refractivity (Wildman–Crippen MR) is 225 cm³/mol. The van der Waals surface area contributed by atoms with Gasteiger partial charge < -0.3 is 66.5 Å². The SMILES string of the molecule is CCCCCCCCCCCCCCCOCCOCCOCCOCCOCCOCCOCCOCCOCCOCCOCCOCCOCCN(C)C. The van der Waals surface area contributed by atoms with E-state index in [0.29, 0.717) is 159 Å². The molecule has 0 N–H and O–H groups in total. The summed E-state index contributed by atoms with van der Waals surface area (Å²) in [5, 5.41) is 0. The molecular formula is C43H89NO13. The Morgan fingerprint density at radius 1 is 0.211 bits per heavy atom. The molecule has 0 aromatic heterocycles. The summed E-state index contributed by atoms with van der Waals surface area (Å²) in [6.45, 7) is 17.8. The molecule has 0 rings (SSSR count). The molecule has 344 valence electrons. The van der Waals surface area contributed by atoms with E-state index in [2.05, 4.69) is 11.8 Å². The zero-order valence-electron chi connectivity index (χ0n) is 37.0. The van der Waals surface area contributed by atoms with Crippen LogP contribution in [0.2, 0.25) is 0 Å². The lowest BCUT2D eigenvalue weighted by Crippen LogP contribution is -2.19. The molecule has 0 aliphatic rings. The average Bonchev–Trinajstić information content (AvgIpc) is 3.21. The van der Waals surface area contributed by atoms with Crippen molar-refractivity contribution in [3.05, 3.63) is 0 Å². The monoisotopic (exact) mass is 828 g/mol. The maximum absolute atomic E-state index is 5.68. The summed E-state index contributed by atoms with van der Waals surface area (Å²) in [6.07, 6.45) is 17.8. The molecule has 0 aromatic rings. The highest BCUT2D eigenvalue weighted by molar-refractivity contribution is 4.49.